The highest BCUT2D eigenvalue weighted by atomic mass is 16.2. The van der Waals surface area contributed by atoms with Crippen molar-refractivity contribution in [3.63, 3.8) is 0 Å². The van der Waals surface area contributed by atoms with Crippen molar-refractivity contribution in [3.8, 4) is 11.3 Å². The number of aromatic amines is 1. The molecule has 0 radical (unpaired) electrons. The van der Waals surface area contributed by atoms with E-state index in [1.807, 2.05) is 25.1 Å². The number of aromatic nitrogens is 5. The lowest BCUT2D eigenvalue weighted by molar-refractivity contribution is 0.102. The van der Waals surface area contributed by atoms with Crippen molar-refractivity contribution in [2.45, 2.75) is 26.7 Å². The van der Waals surface area contributed by atoms with Crippen LogP contribution in [0.3, 0.4) is 0 Å². The average molecular weight is 322 g/mol. The monoisotopic (exact) mass is 322 g/mol. The number of amides is 1. The number of pyridine rings is 1. The second-order valence-electron chi connectivity index (χ2n) is 5.55. The summed E-state index contributed by atoms with van der Waals surface area (Å²) in [5.74, 6) is -0.252. The Kier molecular flexibility index (Phi) is 4.60. The Morgan fingerprint density at radius 3 is 2.67 bits per heavy atom. The number of hydrogen-bond donors (Lipinski definition) is 2. The molecule has 1 aromatic carbocycles. The molecule has 0 unspecified atom stereocenters. The minimum atomic E-state index is -0.371. The lowest BCUT2D eigenvalue weighted by Gasteiger charge is -2.07. The first-order valence-corrected chi connectivity index (χ1v) is 7.78. The molecule has 0 fully saturated rings. The van der Waals surface area contributed by atoms with Crippen LogP contribution in [0.15, 0.2) is 36.4 Å². The lowest BCUT2D eigenvalue weighted by atomic mass is 10.0. The van der Waals surface area contributed by atoms with Gasteiger partial charge in [0.15, 0.2) is 0 Å². The van der Waals surface area contributed by atoms with E-state index in [1.54, 1.807) is 6.07 Å². The molecular weight excluding hydrogens is 304 g/mol. The molecule has 7 nitrogen and oxygen atoms in total. The molecule has 1 amide bonds. The molecule has 7 heteroatoms. The van der Waals surface area contributed by atoms with Gasteiger partial charge in [0.25, 0.3) is 11.9 Å². The Balaban J connectivity index is 1.86. The van der Waals surface area contributed by atoms with Crippen LogP contribution in [0, 0.1) is 6.92 Å². The number of tetrazole rings is 1. The van der Waals surface area contributed by atoms with Gasteiger partial charge in [-0.05, 0) is 41.8 Å². The SMILES string of the molecule is CCCc1ccc(-c2cc(C)cc(C(=O)Nc3nn[nH]n3)n2)cc1. The van der Waals surface area contributed by atoms with Gasteiger partial charge in [0, 0.05) is 5.56 Å². The summed E-state index contributed by atoms with van der Waals surface area (Å²) in [5, 5.41) is 15.7. The van der Waals surface area contributed by atoms with Gasteiger partial charge in [-0.3, -0.25) is 10.1 Å². The molecule has 0 aliphatic rings. The third-order valence-corrected chi connectivity index (χ3v) is 3.56. The highest BCUT2D eigenvalue weighted by Gasteiger charge is 2.12. The minimum Gasteiger partial charge on any atom is -0.286 e. The summed E-state index contributed by atoms with van der Waals surface area (Å²) in [7, 11) is 0. The third kappa shape index (κ3) is 3.62. The Bertz CT molecular complexity index is 827. The number of benzene rings is 1. The second kappa shape index (κ2) is 6.99. The molecule has 0 bridgehead atoms. The molecule has 0 spiro atoms. The van der Waals surface area contributed by atoms with Crippen molar-refractivity contribution in [2.24, 2.45) is 0 Å². The van der Waals surface area contributed by atoms with Gasteiger partial charge < -0.3 is 0 Å². The molecule has 0 atom stereocenters. The van der Waals surface area contributed by atoms with E-state index in [0.29, 0.717) is 5.69 Å². The van der Waals surface area contributed by atoms with Crippen LogP contribution in [0.5, 0.6) is 0 Å². The second-order valence-corrected chi connectivity index (χ2v) is 5.55. The number of carbonyl (C=O) groups is 1. The number of hydrogen-bond acceptors (Lipinski definition) is 5. The number of aryl methyl sites for hydroxylation is 2. The van der Waals surface area contributed by atoms with Crippen LogP contribution < -0.4 is 5.32 Å². The minimum absolute atomic E-state index is 0.119. The zero-order valence-electron chi connectivity index (χ0n) is 13.6. The summed E-state index contributed by atoms with van der Waals surface area (Å²) in [4.78, 5) is 16.8. The highest BCUT2D eigenvalue weighted by molar-refractivity contribution is 6.02. The van der Waals surface area contributed by atoms with E-state index >= 15 is 0 Å². The number of rotatable bonds is 5. The predicted molar refractivity (Wildman–Crippen MR) is 90.5 cm³/mol. The van der Waals surface area contributed by atoms with Gasteiger partial charge in [-0.1, -0.05) is 42.7 Å². The van der Waals surface area contributed by atoms with E-state index in [0.717, 1.165) is 29.7 Å². The van der Waals surface area contributed by atoms with Crippen LogP contribution in [0.25, 0.3) is 11.3 Å². The van der Waals surface area contributed by atoms with Crippen LogP contribution in [-0.2, 0) is 6.42 Å². The predicted octanol–water partition coefficient (Wildman–Crippen LogP) is 2.77. The van der Waals surface area contributed by atoms with Crippen LogP contribution in [0.2, 0.25) is 0 Å². The molecule has 0 saturated heterocycles. The van der Waals surface area contributed by atoms with E-state index in [9.17, 15) is 4.79 Å². The fraction of sp³-hybridized carbons (Fsp3) is 0.235. The van der Waals surface area contributed by atoms with E-state index in [2.05, 4.69) is 50.0 Å². The Labute approximate surface area is 139 Å². The molecule has 3 aromatic rings. The molecule has 0 saturated carbocycles. The summed E-state index contributed by atoms with van der Waals surface area (Å²) in [5.41, 5.74) is 4.30. The molecule has 2 aromatic heterocycles. The van der Waals surface area contributed by atoms with Crippen LogP contribution in [0.4, 0.5) is 5.95 Å². The first-order chi connectivity index (χ1) is 11.7. The highest BCUT2D eigenvalue weighted by Crippen LogP contribution is 2.20. The standard InChI is InChI=1S/C17H18N6O/c1-3-4-12-5-7-13(8-6-12)14-9-11(2)10-15(18-14)16(24)19-17-20-22-23-21-17/h5-10H,3-4H2,1-2H3,(H2,19,20,21,22,23,24). The summed E-state index contributed by atoms with van der Waals surface area (Å²) >= 11 is 0. The maximum absolute atomic E-state index is 12.3. The van der Waals surface area contributed by atoms with Gasteiger partial charge in [0.2, 0.25) is 0 Å². The number of nitrogens with one attached hydrogen (secondary N) is 2. The maximum atomic E-state index is 12.3. The van der Waals surface area contributed by atoms with E-state index < -0.39 is 0 Å². The number of anilines is 1. The van der Waals surface area contributed by atoms with E-state index in [-0.39, 0.29) is 11.9 Å². The van der Waals surface area contributed by atoms with Crippen molar-refractivity contribution in [2.75, 3.05) is 5.32 Å². The van der Waals surface area contributed by atoms with Gasteiger partial charge in [-0.2, -0.15) is 5.21 Å². The summed E-state index contributed by atoms with van der Waals surface area (Å²) in [6.45, 7) is 4.09. The Morgan fingerprint density at radius 1 is 1.21 bits per heavy atom. The van der Waals surface area contributed by atoms with E-state index in [4.69, 9.17) is 0 Å². The first kappa shape index (κ1) is 15.8. The number of nitrogens with zero attached hydrogens (tertiary/aromatic N) is 4. The zero-order valence-corrected chi connectivity index (χ0v) is 13.6. The molecule has 2 N–H and O–H groups in total. The Hall–Kier alpha value is -3.09. The maximum Gasteiger partial charge on any atom is 0.276 e. The lowest BCUT2D eigenvalue weighted by Crippen LogP contribution is -2.15. The molecular formula is C17H18N6O. The summed E-state index contributed by atoms with van der Waals surface area (Å²) < 4.78 is 0. The summed E-state index contributed by atoms with van der Waals surface area (Å²) in [6.07, 6.45) is 2.17. The molecule has 3 rings (SSSR count). The van der Waals surface area contributed by atoms with Gasteiger partial charge in [-0.15, -0.1) is 5.10 Å². The number of H-pyrrole nitrogens is 1. The normalized spacial score (nSPS) is 10.6. The number of carbonyl (C=O) groups excluding carboxylic acids is 1. The fourth-order valence-electron chi connectivity index (χ4n) is 2.44. The van der Waals surface area contributed by atoms with E-state index in [1.165, 1.54) is 5.56 Å². The van der Waals surface area contributed by atoms with Crippen molar-refractivity contribution < 1.29 is 4.79 Å². The molecule has 0 aliphatic carbocycles. The molecule has 24 heavy (non-hydrogen) atoms. The third-order valence-electron chi connectivity index (χ3n) is 3.56. The van der Waals surface area contributed by atoms with Gasteiger partial charge >= 0.3 is 0 Å². The van der Waals surface area contributed by atoms with Crippen LogP contribution in [0.1, 0.15) is 35.0 Å². The smallest absolute Gasteiger partial charge is 0.276 e. The Morgan fingerprint density at radius 2 is 2.00 bits per heavy atom. The fourth-order valence-corrected chi connectivity index (χ4v) is 2.44. The molecule has 122 valence electrons. The topological polar surface area (TPSA) is 96.5 Å². The zero-order chi connectivity index (χ0) is 16.9. The van der Waals surface area contributed by atoms with Crippen molar-refractivity contribution in [1.29, 1.82) is 0 Å². The molecule has 2 heterocycles. The molecule has 0 aliphatic heterocycles. The largest absolute Gasteiger partial charge is 0.286 e. The van der Waals surface area contributed by atoms with Crippen molar-refractivity contribution >= 4 is 11.9 Å². The van der Waals surface area contributed by atoms with Crippen molar-refractivity contribution in [3.05, 3.63) is 53.2 Å². The van der Waals surface area contributed by atoms with Gasteiger partial charge in [-0.25, -0.2) is 4.98 Å². The van der Waals surface area contributed by atoms with Gasteiger partial charge in [0.1, 0.15) is 5.69 Å². The first-order valence-electron chi connectivity index (χ1n) is 7.78. The van der Waals surface area contributed by atoms with Crippen LogP contribution >= 0.6 is 0 Å². The van der Waals surface area contributed by atoms with Gasteiger partial charge in [0.05, 0.1) is 5.69 Å². The quantitative estimate of drug-likeness (QED) is 0.753. The summed E-state index contributed by atoms with van der Waals surface area (Å²) in [6, 6.07) is 12.0. The van der Waals surface area contributed by atoms with Crippen molar-refractivity contribution in [1.82, 2.24) is 25.6 Å². The van der Waals surface area contributed by atoms with Crippen LogP contribution in [-0.4, -0.2) is 31.5 Å². The average Bonchev–Trinajstić information content (AvgIpc) is 3.08.